The van der Waals surface area contributed by atoms with E-state index in [1.807, 2.05) is 4.90 Å². The van der Waals surface area contributed by atoms with E-state index in [0.717, 1.165) is 0 Å². The number of anilines is 1. The van der Waals surface area contributed by atoms with Gasteiger partial charge in [0.05, 0.1) is 24.6 Å². The lowest BCUT2D eigenvalue weighted by atomic mass is 10.2. The summed E-state index contributed by atoms with van der Waals surface area (Å²) in [4.78, 5) is 19.2. The van der Waals surface area contributed by atoms with Crippen molar-refractivity contribution >= 4 is 5.69 Å². The van der Waals surface area contributed by atoms with Crippen LogP contribution in [0.2, 0.25) is 0 Å². The van der Waals surface area contributed by atoms with Crippen molar-refractivity contribution in [3.8, 4) is 23.8 Å². The Kier molecular flexibility index (Phi) is 6.01. The minimum atomic E-state index is -0.402. The molecule has 0 atom stereocenters. The van der Waals surface area contributed by atoms with E-state index in [2.05, 4.69) is 10.9 Å². The average Bonchev–Trinajstić information content (AvgIpc) is 2.78. The molecule has 7 heteroatoms. The highest BCUT2D eigenvalue weighted by molar-refractivity contribution is 5.53. The number of aromatic nitrogens is 2. The number of benzene rings is 2. The molecule has 0 bridgehead atoms. The van der Waals surface area contributed by atoms with Gasteiger partial charge in [-0.3, -0.25) is 9.36 Å². The predicted octanol–water partition coefficient (Wildman–Crippen LogP) is 3.08. The molecule has 6 nitrogen and oxygen atoms in total. The molecular formula is C24H22FN3O3. The molecule has 2 aromatic carbocycles. The summed E-state index contributed by atoms with van der Waals surface area (Å²) in [5.74, 6) is 3.08. The first-order valence-electron chi connectivity index (χ1n) is 9.97. The maximum atomic E-state index is 14.9. The number of hydrogen-bond acceptors (Lipinski definition) is 5. The molecule has 0 amide bonds. The van der Waals surface area contributed by atoms with Crippen LogP contribution in [0.5, 0.6) is 5.75 Å². The molecule has 4 rings (SSSR count). The fourth-order valence-corrected chi connectivity index (χ4v) is 3.55. The van der Waals surface area contributed by atoms with Gasteiger partial charge in [-0.2, -0.15) is 0 Å². The van der Waals surface area contributed by atoms with Gasteiger partial charge in [-0.15, -0.1) is 6.42 Å². The van der Waals surface area contributed by atoms with Crippen molar-refractivity contribution in [3.05, 3.63) is 81.8 Å². The molecule has 158 valence electrons. The Balaban J connectivity index is 1.65. The third kappa shape index (κ3) is 4.60. The van der Waals surface area contributed by atoms with Crippen LogP contribution in [0.4, 0.5) is 10.1 Å². The van der Waals surface area contributed by atoms with E-state index in [1.165, 1.54) is 16.7 Å². The first-order chi connectivity index (χ1) is 15.0. The number of halogens is 1. The van der Waals surface area contributed by atoms with Crippen molar-refractivity contribution in [3.63, 3.8) is 0 Å². The second kappa shape index (κ2) is 9.02. The van der Waals surface area contributed by atoms with Crippen molar-refractivity contribution in [2.75, 3.05) is 31.2 Å². The Hall–Kier alpha value is -3.63. The maximum Gasteiger partial charge on any atom is 0.258 e. The van der Waals surface area contributed by atoms with Crippen molar-refractivity contribution in [2.45, 2.75) is 13.5 Å². The highest BCUT2D eigenvalue weighted by Crippen LogP contribution is 2.23. The molecule has 31 heavy (non-hydrogen) atoms. The van der Waals surface area contributed by atoms with E-state index in [9.17, 15) is 9.18 Å². The molecule has 0 aliphatic carbocycles. The first-order valence-corrected chi connectivity index (χ1v) is 9.97. The summed E-state index contributed by atoms with van der Waals surface area (Å²) < 4.78 is 27.4. The number of morpholine rings is 1. The van der Waals surface area contributed by atoms with E-state index < -0.39 is 5.82 Å². The van der Waals surface area contributed by atoms with Crippen molar-refractivity contribution in [2.24, 2.45) is 0 Å². The first kappa shape index (κ1) is 20.6. The third-order valence-electron chi connectivity index (χ3n) is 5.03. The highest BCUT2D eigenvalue weighted by Gasteiger charge is 2.17. The van der Waals surface area contributed by atoms with Gasteiger partial charge in [0.15, 0.2) is 5.82 Å². The largest absolute Gasteiger partial charge is 0.486 e. The number of terminal acetylenes is 1. The normalized spacial score (nSPS) is 13.6. The van der Waals surface area contributed by atoms with Crippen LogP contribution in [-0.2, 0) is 11.3 Å². The van der Waals surface area contributed by atoms with Crippen LogP contribution in [0, 0.1) is 25.1 Å². The van der Waals surface area contributed by atoms with Gasteiger partial charge >= 0.3 is 0 Å². The van der Waals surface area contributed by atoms with Crippen molar-refractivity contribution in [1.29, 1.82) is 0 Å². The molecule has 1 fully saturated rings. The summed E-state index contributed by atoms with van der Waals surface area (Å²) in [6, 6.07) is 13.3. The van der Waals surface area contributed by atoms with E-state index in [4.69, 9.17) is 15.9 Å². The lowest BCUT2D eigenvalue weighted by Gasteiger charge is -2.29. The Morgan fingerprint density at radius 1 is 1.19 bits per heavy atom. The molecule has 0 spiro atoms. The summed E-state index contributed by atoms with van der Waals surface area (Å²) in [7, 11) is 0. The average molecular weight is 419 g/mol. The van der Waals surface area contributed by atoms with Crippen molar-refractivity contribution in [1.82, 2.24) is 9.55 Å². The standard InChI is InChI=1S/C24H22FN3O3/c1-3-18-5-4-6-20(14-18)31-16-23-26-17(2)13-24(29)28(23)19-7-8-22(21(25)15-19)27-9-11-30-12-10-27/h1,4-8,13-15H,9-12,16H2,2H3. The zero-order valence-electron chi connectivity index (χ0n) is 17.2. The predicted molar refractivity (Wildman–Crippen MR) is 116 cm³/mol. The van der Waals surface area contributed by atoms with Crippen LogP contribution in [0.25, 0.3) is 5.69 Å². The number of nitrogens with zero attached hydrogens (tertiary/aromatic N) is 3. The lowest BCUT2D eigenvalue weighted by molar-refractivity contribution is 0.122. The highest BCUT2D eigenvalue weighted by atomic mass is 19.1. The molecule has 1 aromatic heterocycles. The summed E-state index contributed by atoms with van der Waals surface area (Å²) in [6.45, 7) is 4.13. The fraction of sp³-hybridized carbons (Fsp3) is 0.250. The Morgan fingerprint density at radius 2 is 2.00 bits per heavy atom. The third-order valence-corrected chi connectivity index (χ3v) is 5.03. The molecule has 0 radical (unpaired) electrons. The fourth-order valence-electron chi connectivity index (χ4n) is 3.55. The van der Waals surface area contributed by atoms with Crippen LogP contribution in [0.3, 0.4) is 0 Å². The van der Waals surface area contributed by atoms with E-state index in [-0.39, 0.29) is 12.2 Å². The van der Waals surface area contributed by atoms with E-state index in [0.29, 0.717) is 60.5 Å². The van der Waals surface area contributed by atoms with Gasteiger partial charge in [-0.05, 0) is 37.3 Å². The number of aryl methyl sites for hydroxylation is 1. The van der Waals surface area contributed by atoms with Crippen molar-refractivity contribution < 1.29 is 13.9 Å². The van der Waals surface area contributed by atoms with Gasteiger partial charge < -0.3 is 14.4 Å². The van der Waals surface area contributed by atoms with Gasteiger partial charge in [-0.25, -0.2) is 9.37 Å². The lowest BCUT2D eigenvalue weighted by Crippen LogP contribution is -2.36. The number of hydrogen-bond donors (Lipinski definition) is 0. The van der Waals surface area contributed by atoms with Gasteiger partial charge in [0, 0.05) is 36.5 Å². The molecule has 1 aliphatic heterocycles. The van der Waals surface area contributed by atoms with E-state index in [1.54, 1.807) is 43.3 Å². The SMILES string of the molecule is C#Cc1cccc(OCc2nc(C)cc(=O)n2-c2ccc(N3CCOCC3)c(F)c2)c1. The van der Waals surface area contributed by atoms with Gasteiger partial charge in [0.2, 0.25) is 0 Å². The van der Waals surface area contributed by atoms with Crippen LogP contribution in [0.15, 0.2) is 53.3 Å². The molecular weight excluding hydrogens is 397 g/mol. The summed E-state index contributed by atoms with van der Waals surface area (Å²) >= 11 is 0. The summed E-state index contributed by atoms with van der Waals surface area (Å²) in [6.07, 6.45) is 5.44. The topological polar surface area (TPSA) is 56.6 Å². The number of ether oxygens (including phenoxy) is 2. The summed E-state index contributed by atoms with van der Waals surface area (Å²) in [5, 5.41) is 0. The van der Waals surface area contributed by atoms with Crippen LogP contribution >= 0.6 is 0 Å². The molecule has 1 saturated heterocycles. The Morgan fingerprint density at radius 3 is 2.74 bits per heavy atom. The molecule has 1 aliphatic rings. The Labute approximate surface area is 179 Å². The van der Waals surface area contributed by atoms with Crippen LogP contribution in [-0.4, -0.2) is 35.9 Å². The minimum Gasteiger partial charge on any atom is -0.486 e. The second-order valence-corrected chi connectivity index (χ2v) is 7.18. The quantitative estimate of drug-likeness (QED) is 0.595. The monoisotopic (exact) mass is 419 g/mol. The zero-order valence-corrected chi connectivity index (χ0v) is 17.2. The second-order valence-electron chi connectivity index (χ2n) is 7.18. The molecule has 0 N–H and O–H groups in total. The van der Waals surface area contributed by atoms with Gasteiger partial charge in [0.25, 0.3) is 5.56 Å². The van der Waals surface area contributed by atoms with E-state index >= 15 is 0 Å². The molecule has 0 unspecified atom stereocenters. The number of rotatable bonds is 5. The molecule has 3 aromatic rings. The summed E-state index contributed by atoms with van der Waals surface area (Å²) in [5.41, 5.74) is 1.82. The van der Waals surface area contributed by atoms with Gasteiger partial charge in [-0.1, -0.05) is 12.0 Å². The minimum absolute atomic E-state index is 0.0256. The smallest absolute Gasteiger partial charge is 0.258 e. The molecule has 2 heterocycles. The van der Waals surface area contributed by atoms with Crippen LogP contribution in [0.1, 0.15) is 17.1 Å². The Bertz CT molecular complexity index is 1190. The maximum absolute atomic E-state index is 14.9. The zero-order chi connectivity index (χ0) is 21.8. The van der Waals surface area contributed by atoms with Crippen LogP contribution < -0.4 is 15.2 Å². The van der Waals surface area contributed by atoms with Gasteiger partial charge in [0.1, 0.15) is 18.2 Å². The molecule has 0 saturated carbocycles.